The lowest BCUT2D eigenvalue weighted by molar-refractivity contribution is 0.429. The first-order valence-corrected chi connectivity index (χ1v) is 9.85. The summed E-state index contributed by atoms with van der Waals surface area (Å²) in [7, 11) is 0. The fourth-order valence-corrected chi connectivity index (χ4v) is 3.59. The molecule has 1 aromatic heterocycles. The highest BCUT2D eigenvalue weighted by atomic mass is 79.9. The Bertz CT molecular complexity index is 1180. The van der Waals surface area contributed by atoms with Crippen LogP contribution in [-0.2, 0) is 6.54 Å². The quantitative estimate of drug-likeness (QED) is 0.340. The van der Waals surface area contributed by atoms with Gasteiger partial charge in [-0.3, -0.25) is 0 Å². The molecule has 0 aliphatic heterocycles. The van der Waals surface area contributed by atoms with E-state index in [1.807, 2.05) is 54.0 Å². The lowest BCUT2D eigenvalue weighted by atomic mass is 10.1. The number of azo groups is 1. The Morgan fingerprint density at radius 1 is 0.893 bits per heavy atom. The molecule has 1 heterocycles. The van der Waals surface area contributed by atoms with Crippen molar-refractivity contribution in [3.63, 3.8) is 0 Å². The molecule has 0 radical (unpaired) electrons. The summed E-state index contributed by atoms with van der Waals surface area (Å²) in [6.07, 6.45) is 0. The summed E-state index contributed by atoms with van der Waals surface area (Å²) in [5.41, 5.74) is 5.59. The first-order valence-electron chi connectivity index (χ1n) is 9.06. The van der Waals surface area contributed by atoms with Gasteiger partial charge < -0.3 is 9.67 Å². The van der Waals surface area contributed by atoms with Crippen molar-refractivity contribution >= 4 is 38.2 Å². The summed E-state index contributed by atoms with van der Waals surface area (Å²) in [4.78, 5) is 0. The average molecular weight is 434 g/mol. The number of rotatable bonds is 4. The number of aromatic hydroxyl groups is 1. The number of hydrogen-bond acceptors (Lipinski definition) is 3. The predicted molar refractivity (Wildman–Crippen MR) is 117 cm³/mol. The van der Waals surface area contributed by atoms with Crippen LogP contribution in [0.5, 0.6) is 5.88 Å². The van der Waals surface area contributed by atoms with Crippen molar-refractivity contribution in [3.05, 3.63) is 87.9 Å². The number of aryl methyl sites for hydroxylation is 2. The van der Waals surface area contributed by atoms with Gasteiger partial charge in [-0.05, 0) is 55.3 Å². The van der Waals surface area contributed by atoms with Gasteiger partial charge >= 0.3 is 0 Å². The number of nitrogens with zero attached hydrogens (tertiary/aromatic N) is 3. The monoisotopic (exact) mass is 433 g/mol. The van der Waals surface area contributed by atoms with Crippen molar-refractivity contribution in [2.75, 3.05) is 0 Å². The Morgan fingerprint density at radius 2 is 1.68 bits per heavy atom. The Balaban J connectivity index is 1.80. The van der Waals surface area contributed by atoms with Crippen molar-refractivity contribution < 1.29 is 5.11 Å². The summed E-state index contributed by atoms with van der Waals surface area (Å²) >= 11 is 3.52. The van der Waals surface area contributed by atoms with Crippen LogP contribution in [0.3, 0.4) is 0 Å². The van der Waals surface area contributed by atoms with Crippen molar-refractivity contribution in [2.45, 2.75) is 20.4 Å². The molecule has 0 bridgehead atoms. The smallest absolute Gasteiger partial charge is 0.221 e. The molecule has 0 atom stereocenters. The number of benzene rings is 3. The zero-order valence-electron chi connectivity index (χ0n) is 15.7. The van der Waals surface area contributed by atoms with E-state index < -0.39 is 0 Å². The largest absolute Gasteiger partial charge is 0.493 e. The predicted octanol–water partition coefficient (Wildman–Crippen LogP) is 7.19. The highest BCUT2D eigenvalue weighted by Gasteiger charge is 2.17. The molecule has 5 heteroatoms. The summed E-state index contributed by atoms with van der Waals surface area (Å²) in [5, 5.41) is 20.5. The molecule has 0 saturated carbocycles. The second-order valence-corrected chi connectivity index (χ2v) is 7.86. The highest BCUT2D eigenvalue weighted by molar-refractivity contribution is 9.10. The molecule has 0 aliphatic rings. The van der Waals surface area contributed by atoms with Crippen LogP contribution >= 0.6 is 15.9 Å². The Kier molecular flexibility index (Phi) is 5.01. The second kappa shape index (κ2) is 7.60. The van der Waals surface area contributed by atoms with Gasteiger partial charge in [0.1, 0.15) is 0 Å². The van der Waals surface area contributed by atoms with Crippen LogP contribution in [0.15, 0.2) is 81.4 Å². The van der Waals surface area contributed by atoms with E-state index in [4.69, 9.17) is 0 Å². The Labute approximate surface area is 172 Å². The molecule has 0 saturated heterocycles. The van der Waals surface area contributed by atoms with E-state index in [0.29, 0.717) is 12.2 Å². The fourth-order valence-electron chi connectivity index (χ4n) is 3.23. The molecule has 0 spiro atoms. The summed E-state index contributed by atoms with van der Waals surface area (Å²) in [5.74, 6) is 0.116. The first kappa shape index (κ1) is 18.4. The Hall–Kier alpha value is -2.92. The summed E-state index contributed by atoms with van der Waals surface area (Å²) in [6, 6.07) is 22.0. The van der Waals surface area contributed by atoms with E-state index >= 15 is 0 Å². The van der Waals surface area contributed by atoms with Gasteiger partial charge in [-0.25, -0.2) is 0 Å². The topological polar surface area (TPSA) is 49.9 Å². The van der Waals surface area contributed by atoms with Crippen LogP contribution in [0.2, 0.25) is 0 Å². The fraction of sp³-hybridized carbons (Fsp3) is 0.130. The summed E-state index contributed by atoms with van der Waals surface area (Å²) in [6.45, 7) is 4.64. The number of halogens is 1. The third-order valence-corrected chi connectivity index (χ3v) is 5.19. The van der Waals surface area contributed by atoms with E-state index in [2.05, 4.69) is 57.3 Å². The van der Waals surface area contributed by atoms with Gasteiger partial charge in [-0.1, -0.05) is 57.9 Å². The van der Waals surface area contributed by atoms with Crippen molar-refractivity contribution in [1.82, 2.24) is 4.57 Å². The standard InChI is InChI=1S/C23H20BrN3O/c1-15-6-8-17(9-7-15)14-27-21-11-10-18(24)13-20(21)22(23(27)28)26-25-19-5-3-4-16(2)12-19/h3-13,28H,14H2,1-2H3. The van der Waals surface area contributed by atoms with Crippen molar-refractivity contribution in [1.29, 1.82) is 0 Å². The van der Waals surface area contributed by atoms with Crippen molar-refractivity contribution in [2.24, 2.45) is 10.2 Å². The lowest BCUT2D eigenvalue weighted by Crippen LogP contribution is -1.98. The normalized spacial score (nSPS) is 11.5. The van der Waals surface area contributed by atoms with Crippen LogP contribution in [0.4, 0.5) is 11.4 Å². The molecule has 0 unspecified atom stereocenters. The van der Waals surface area contributed by atoms with Gasteiger partial charge in [0.05, 0.1) is 17.7 Å². The molecule has 4 nitrogen and oxygen atoms in total. The minimum atomic E-state index is 0.116. The van der Waals surface area contributed by atoms with Crippen molar-refractivity contribution in [3.8, 4) is 5.88 Å². The molecule has 0 amide bonds. The zero-order chi connectivity index (χ0) is 19.7. The first-order chi connectivity index (χ1) is 13.5. The Morgan fingerprint density at radius 3 is 2.43 bits per heavy atom. The van der Waals surface area contributed by atoms with E-state index in [-0.39, 0.29) is 5.88 Å². The van der Waals surface area contributed by atoms with Gasteiger partial charge in [0.2, 0.25) is 5.88 Å². The minimum absolute atomic E-state index is 0.116. The maximum atomic E-state index is 10.9. The molecule has 28 heavy (non-hydrogen) atoms. The van der Waals surface area contributed by atoms with E-state index in [1.165, 1.54) is 5.56 Å². The maximum Gasteiger partial charge on any atom is 0.221 e. The minimum Gasteiger partial charge on any atom is -0.493 e. The molecule has 4 rings (SSSR count). The SMILES string of the molecule is Cc1ccc(Cn2c(O)c(N=Nc3cccc(C)c3)c3cc(Br)ccc32)cc1. The molecule has 4 aromatic rings. The third-order valence-electron chi connectivity index (χ3n) is 4.70. The van der Waals surface area contributed by atoms with E-state index in [9.17, 15) is 5.11 Å². The van der Waals surface area contributed by atoms with Crippen LogP contribution in [-0.4, -0.2) is 9.67 Å². The second-order valence-electron chi connectivity index (χ2n) is 6.94. The van der Waals surface area contributed by atoms with Gasteiger partial charge in [-0.15, -0.1) is 5.11 Å². The average Bonchev–Trinajstić information content (AvgIpc) is 2.92. The molecular formula is C23H20BrN3O. The number of aromatic nitrogens is 1. The van der Waals surface area contributed by atoms with Gasteiger partial charge in [0, 0.05) is 9.86 Å². The third kappa shape index (κ3) is 3.71. The molecule has 140 valence electrons. The number of hydrogen-bond donors (Lipinski definition) is 1. The molecule has 0 aliphatic carbocycles. The van der Waals surface area contributed by atoms with Crippen LogP contribution in [0.1, 0.15) is 16.7 Å². The van der Waals surface area contributed by atoms with E-state index in [0.717, 1.165) is 32.2 Å². The maximum absolute atomic E-state index is 10.9. The highest BCUT2D eigenvalue weighted by Crippen LogP contribution is 2.41. The molecule has 0 fully saturated rings. The van der Waals surface area contributed by atoms with E-state index in [1.54, 1.807) is 0 Å². The number of fused-ring (bicyclic) bond motifs is 1. The van der Waals surface area contributed by atoms with Gasteiger partial charge in [-0.2, -0.15) is 5.11 Å². The van der Waals surface area contributed by atoms with Crippen LogP contribution in [0.25, 0.3) is 10.9 Å². The van der Waals surface area contributed by atoms with Crippen LogP contribution < -0.4 is 0 Å². The molecule has 1 N–H and O–H groups in total. The lowest BCUT2D eigenvalue weighted by Gasteiger charge is -2.07. The van der Waals surface area contributed by atoms with Gasteiger partial charge in [0.15, 0.2) is 5.69 Å². The van der Waals surface area contributed by atoms with Crippen LogP contribution in [0, 0.1) is 13.8 Å². The molecule has 3 aromatic carbocycles. The summed E-state index contributed by atoms with van der Waals surface area (Å²) < 4.78 is 2.80. The van der Waals surface area contributed by atoms with Gasteiger partial charge in [0.25, 0.3) is 0 Å². The molecular weight excluding hydrogens is 414 g/mol. The zero-order valence-corrected chi connectivity index (χ0v) is 17.3.